The Morgan fingerprint density at radius 3 is 2.85 bits per heavy atom. The predicted octanol–water partition coefficient (Wildman–Crippen LogP) is 1.55. The minimum atomic E-state index is -0.164. The first-order chi connectivity index (χ1) is 12.5. The quantitative estimate of drug-likeness (QED) is 0.742. The predicted molar refractivity (Wildman–Crippen MR) is 96.2 cm³/mol. The molecule has 1 amide bonds. The van der Waals surface area contributed by atoms with Gasteiger partial charge in [-0.05, 0) is 32.7 Å². The molecular formula is C19H28N4O3. The summed E-state index contributed by atoms with van der Waals surface area (Å²) in [6, 6.07) is 0. The average molecular weight is 360 g/mol. The summed E-state index contributed by atoms with van der Waals surface area (Å²) in [4.78, 5) is 36.8. The molecule has 7 nitrogen and oxygen atoms in total. The maximum atomic E-state index is 12.4. The van der Waals surface area contributed by atoms with E-state index in [0.717, 1.165) is 56.8 Å². The standard InChI is InChI=1S/C19H28N4O3/c1-15-10-21-16(11-20-15)12-23-14-19(7-4-17(23)24)6-3-8-22(13-19)9-5-18(25)26-2/h10-11H,3-9,12-14H2,1-2H3/t19-/m0/s1. The normalized spacial score (nSPS) is 24.1. The smallest absolute Gasteiger partial charge is 0.306 e. The van der Waals surface area contributed by atoms with Gasteiger partial charge in [-0.1, -0.05) is 0 Å². The molecule has 2 saturated heterocycles. The fourth-order valence-corrected chi connectivity index (χ4v) is 4.13. The summed E-state index contributed by atoms with van der Waals surface area (Å²) in [5.41, 5.74) is 1.84. The third-order valence-electron chi connectivity index (χ3n) is 5.54. The van der Waals surface area contributed by atoms with Gasteiger partial charge < -0.3 is 14.5 Å². The zero-order chi connectivity index (χ0) is 18.6. The van der Waals surface area contributed by atoms with Gasteiger partial charge >= 0.3 is 5.97 Å². The summed E-state index contributed by atoms with van der Waals surface area (Å²) in [7, 11) is 1.43. The lowest BCUT2D eigenvalue weighted by Gasteiger charge is -2.48. The van der Waals surface area contributed by atoms with Crippen LogP contribution in [-0.2, 0) is 20.9 Å². The number of piperidine rings is 2. The van der Waals surface area contributed by atoms with Gasteiger partial charge in [-0.25, -0.2) is 0 Å². The molecule has 0 radical (unpaired) electrons. The number of aromatic nitrogens is 2. The van der Waals surface area contributed by atoms with Crippen LogP contribution in [0.15, 0.2) is 12.4 Å². The van der Waals surface area contributed by atoms with Crippen LogP contribution in [0.1, 0.15) is 43.5 Å². The second-order valence-corrected chi connectivity index (χ2v) is 7.60. The number of carbonyl (C=O) groups is 2. The largest absolute Gasteiger partial charge is 0.469 e. The Bertz CT molecular complexity index is 649. The van der Waals surface area contributed by atoms with Crippen LogP contribution in [0, 0.1) is 12.3 Å². The maximum Gasteiger partial charge on any atom is 0.306 e. The van der Waals surface area contributed by atoms with Crippen LogP contribution >= 0.6 is 0 Å². The number of esters is 1. The van der Waals surface area contributed by atoms with Crippen LogP contribution in [0.2, 0.25) is 0 Å². The van der Waals surface area contributed by atoms with E-state index in [2.05, 4.69) is 14.9 Å². The zero-order valence-corrected chi connectivity index (χ0v) is 15.7. The number of rotatable bonds is 5. The molecule has 142 valence electrons. The van der Waals surface area contributed by atoms with Gasteiger partial charge in [0, 0.05) is 37.7 Å². The third kappa shape index (κ3) is 4.58. The summed E-state index contributed by atoms with van der Waals surface area (Å²) < 4.78 is 4.75. The zero-order valence-electron chi connectivity index (χ0n) is 15.7. The summed E-state index contributed by atoms with van der Waals surface area (Å²) in [6.07, 6.45) is 7.68. The van der Waals surface area contributed by atoms with E-state index in [0.29, 0.717) is 19.4 Å². The Labute approximate surface area is 154 Å². The average Bonchev–Trinajstić information content (AvgIpc) is 2.65. The highest BCUT2D eigenvalue weighted by molar-refractivity contribution is 5.77. The summed E-state index contributed by atoms with van der Waals surface area (Å²) >= 11 is 0. The number of nitrogens with zero attached hydrogens (tertiary/aromatic N) is 4. The van der Waals surface area contributed by atoms with Gasteiger partial charge in [0.05, 0.1) is 37.7 Å². The van der Waals surface area contributed by atoms with Crippen molar-refractivity contribution in [1.29, 1.82) is 0 Å². The first kappa shape index (κ1) is 18.8. The van der Waals surface area contributed by atoms with Crippen molar-refractivity contribution in [1.82, 2.24) is 19.8 Å². The molecule has 2 aliphatic heterocycles. The molecule has 0 saturated carbocycles. The Balaban J connectivity index is 1.62. The highest BCUT2D eigenvalue weighted by Crippen LogP contribution is 2.39. The molecule has 1 spiro atoms. The molecule has 1 aromatic heterocycles. The van der Waals surface area contributed by atoms with Gasteiger partial charge in [0.1, 0.15) is 0 Å². The lowest BCUT2D eigenvalue weighted by molar-refractivity contribution is -0.141. The fourth-order valence-electron chi connectivity index (χ4n) is 4.13. The molecule has 3 heterocycles. The lowest BCUT2D eigenvalue weighted by Crippen LogP contribution is -2.54. The van der Waals surface area contributed by atoms with E-state index in [1.807, 2.05) is 11.8 Å². The van der Waals surface area contributed by atoms with Crippen LogP contribution in [0.5, 0.6) is 0 Å². The molecule has 1 aromatic rings. The van der Waals surface area contributed by atoms with E-state index in [1.54, 1.807) is 12.4 Å². The molecule has 0 aliphatic carbocycles. The van der Waals surface area contributed by atoms with E-state index in [-0.39, 0.29) is 17.3 Å². The molecule has 0 bridgehead atoms. The summed E-state index contributed by atoms with van der Waals surface area (Å²) in [5, 5.41) is 0. The maximum absolute atomic E-state index is 12.4. The summed E-state index contributed by atoms with van der Waals surface area (Å²) in [5.74, 6) is 0.0349. The van der Waals surface area contributed by atoms with Crippen LogP contribution < -0.4 is 0 Å². The van der Waals surface area contributed by atoms with Crippen LogP contribution in [-0.4, -0.2) is 64.9 Å². The number of amides is 1. The second-order valence-electron chi connectivity index (χ2n) is 7.60. The van der Waals surface area contributed by atoms with Crippen molar-refractivity contribution in [3.05, 3.63) is 23.8 Å². The highest BCUT2D eigenvalue weighted by atomic mass is 16.5. The number of hydrogen-bond acceptors (Lipinski definition) is 6. The molecule has 2 fully saturated rings. The van der Waals surface area contributed by atoms with E-state index < -0.39 is 0 Å². The van der Waals surface area contributed by atoms with Crippen LogP contribution in [0.25, 0.3) is 0 Å². The number of methoxy groups -OCH3 is 1. The monoisotopic (exact) mass is 360 g/mol. The minimum Gasteiger partial charge on any atom is -0.469 e. The minimum absolute atomic E-state index is 0.125. The Hall–Kier alpha value is -2.02. The molecular weight excluding hydrogens is 332 g/mol. The van der Waals surface area contributed by atoms with Gasteiger partial charge in [-0.15, -0.1) is 0 Å². The van der Waals surface area contributed by atoms with Crippen molar-refractivity contribution >= 4 is 11.9 Å². The van der Waals surface area contributed by atoms with Crippen LogP contribution in [0.3, 0.4) is 0 Å². The molecule has 1 atom stereocenters. The van der Waals surface area contributed by atoms with Crippen molar-refractivity contribution in [2.24, 2.45) is 5.41 Å². The SMILES string of the molecule is COC(=O)CCN1CCC[C@]2(CCC(=O)N(Cc3cnc(C)cn3)C2)C1. The number of ether oxygens (including phenoxy) is 1. The Morgan fingerprint density at radius 1 is 1.27 bits per heavy atom. The van der Waals surface area contributed by atoms with E-state index in [4.69, 9.17) is 4.74 Å². The second kappa shape index (κ2) is 8.12. The van der Waals surface area contributed by atoms with Crippen molar-refractivity contribution < 1.29 is 14.3 Å². The molecule has 7 heteroatoms. The molecule has 0 N–H and O–H groups in total. The molecule has 0 unspecified atom stereocenters. The molecule has 0 aromatic carbocycles. The van der Waals surface area contributed by atoms with Crippen LogP contribution in [0.4, 0.5) is 0 Å². The number of likely N-dealkylation sites (tertiary alicyclic amines) is 2. The Morgan fingerprint density at radius 2 is 2.12 bits per heavy atom. The molecule has 2 aliphatic rings. The first-order valence-corrected chi connectivity index (χ1v) is 9.34. The summed E-state index contributed by atoms with van der Waals surface area (Å²) in [6.45, 7) is 5.87. The van der Waals surface area contributed by atoms with Crippen molar-refractivity contribution in [2.45, 2.75) is 45.6 Å². The van der Waals surface area contributed by atoms with Gasteiger partial charge in [0.25, 0.3) is 0 Å². The number of aryl methyl sites for hydroxylation is 1. The van der Waals surface area contributed by atoms with Crippen molar-refractivity contribution in [3.63, 3.8) is 0 Å². The fraction of sp³-hybridized carbons (Fsp3) is 0.684. The molecule has 26 heavy (non-hydrogen) atoms. The molecule has 3 rings (SSSR count). The van der Waals surface area contributed by atoms with Gasteiger partial charge in [-0.3, -0.25) is 19.6 Å². The van der Waals surface area contributed by atoms with Gasteiger partial charge in [0.2, 0.25) is 5.91 Å². The van der Waals surface area contributed by atoms with E-state index in [1.165, 1.54) is 7.11 Å². The Kier molecular flexibility index (Phi) is 5.86. The van der Waals surface area contributed by atoms with Crippen molar-refractivity contribution in [3.8, 4) is 0 Å². The third-order valence-corrected chi connectivity index (χ3v) is 5.54. The number of hydrogen-bond donors (Lipinski definition) is 0. The van der Waals surface area contributed by atoms with Gasteiger partial charge in [0.15, 0.2) is 0 Å². The van der Waals surface area contributed by atoms with E-state index in [9.17, 15) is 9.59 Å². The number of carbonyl (C=O) groups excluding carboxylic acids is 2. The van der Waals surface area contributed by atoms with Gasteiger partial charge in [-0.2, -0.15) is 0 Å². The van der Waals surface area contributed by atoms with E-state index >= 15 is 0 Å². The lowest BCUT2D eigenvalue weighted by atomic mass is 9.73. The first-order valence-electron chi connectivity index (χ1n) is 9.34. The van der Waals surface area contributed by atoms with Crippen molar-refractivity contribution in [2.75, 3.05) is 33.3 Å². The highest BCUT2D eigenvalue weighted by Gasteiger charge is 2.41. The topological polar surface area (TPSA) is 75.6 Å².